The number of aryl methyl sites for hydroxylation is 1. The zero-order valence-electron chi connectivity index (χ0n) is 12.0. The Hall–Kier alpha value is -1.55. The van der Waals surface area contributed by atoms with Gasteiger partial charge in [-0.2, -0.15) is 0 Å². The summed E-state index contributed by atoms with van der Waals surface area (Å²) in [7, 11) is 2.01. The van der Waals surface area contributed by atoms with Gasteiger partial charge in [0.1, 0.15) is 17.6 Å². The third kappa shape index (κ3) is 3.47. The highest BCUT2D eigenvalue weighted by atomic mass is 16.3. The maximum Gasteiger partial charge on any atom is 0.133 e. The van der Waals surface area contributed by atoms with Crippen LogP contribution in [0.3, 0.4) is 0 Å². The van der Waals surface area contributed by atoms with E-state index >= 15 is 0 Å². The van der Waals surface area contributed by atoms with Gasteiger partial charge in [0.25, 0.3) is 0 Å². The Labute approximate surface area is 114 Å². The molecule has 0 aliphatic rings. The fourth-order valence-electron chi connectivity index (χ4n) is 2.27. The highest BCUT2D eigenvalue weighted by Crippen LogP contribution is 2.22. The van der Waals surface area contributed by atoms with Gasteiger partial charge in [0.05, 0.1) is 6.26 Å². The maximum atomic E-state index is 5.56. The minimum Gasteiger partial charge on any atom is -0.467 e. The second-order valence-corrected chi connectivity index (χ2v) is 5.05. The second-order valence-electron chi connectivity index (χ2n) is 5.05. The molecular weight excluding hydrogens is 238 g/mol. The molecule has 0 radical (unpaired) electrons. The highest BCUT2D eigenvalue weighted by molar-refractivity contribution is 5.15. The predicted octanol–water partition coefficient (Wildman–Crippen LogP) is 3.27. The van der Waals surface area contributed by atoms with Crippen LogP contribution < -0.4 is 5.32 Å². The summed E-state index contributed by atoms with van der Waals surface area (Å²) in [6.07, 6.45) is 9.12. The summed E-state index contributed by atoms with van der Waals surface area (Å²) in [5, 5.41) is 3.62. The summed E-state index contributed by atoms with van der Waals surface area (Å²) in [6.45, 7) is 4.43. The number of hydrogen-bond donors (Lipinski definition) is 1. The van der Waals surface area contributed by atoms with E-state index in [0.717, 1.165) is 18.0 Å². The highest BCUT2D eigenvalue weighted by Gasteiger charge is 2.22. The topological polar surface area (TPSA) is 43.0 Å². The number of nitrogens with one attached hydrogen (secondary N) is 1. The molecule has 2 aromatic heterocycles. The van der Waals surface area contributed by atoms with Gasteiger partial charge in [-0.25, -0.2) is 4.98 Å². The lowest BCUT2D eigenvalue weighted by molar-refractivity contribution is 0.384. The molecule has 104 valence electrons. The van der Waals surface area contributed by atoms with E-state index in [0.29, 0.717) is 6.04 Å². The Morgan fingerprint density at radius 1 is 1.47 bits per heavy atom. The number of unbranched alkanes of at least 4 members (excludes halogenated alkanes) is 1. The molecule has 1 N–H and O–H groups in total. The monoisotopic (exact) mass is 261 g/mol. The molecule has 0 saturated carbocycles. The number of rotatable bonds is 7. The summed E-state index contributed by atoms with van der Waals surface area (Å²) >= 11 is 0. The molecule has 0 aliphatic carbocycles. The van der Waals surface area contributed by atoms with Crippen molar-refractivity contribution >= 4 is 0 Å². The molecule has 0 saturated heterocycles. The molecule has 0 fully saturated rings. The van der Waals surface area contributed by atoms with Gasteiger partial charge in [0.2, 0.25) is 0 Å². The van der Waals surface area contributed by atoms with Gasteiger partial charge in [-0.05, 0) is 25.5 Å². The van der Waals surface area contributed by atoms with E-state index in [4.69, 9.17) is 4.42 Å². The normalized spacial score (nSPS) is 14.5. The zero-order chi connectivity index (χ0) is 13.7. The van der Waals surface area contributed by atoms with E-state index in [9.17, 15) is 0 Å². The number of nitrogens with zero attached hydrogens (tertiary/aromatic N) is 2. The average molecular weight is 261 g/mol. The van der Waals surface area contributed by atoms with E-state index < -0.39 is 0 Å². The minimum absolute atomic E-state index is 0.0156. The summed E-state index contributed by atoms with van der Waals surface area (Å²) in [5.74, 6) is 1.90. The fourth-order valence-corrected chi connectivity index (χ4v) is 2.27. The van der Waals surface area contributed by atoms with Crippen molar-refractivity contribution in [2.24, 2.45) is 7.05 Å². The number of furan rings is 1. The first-order valence-electron chi connectivity index (χ1n) is 6.99. The molecule has 4 heteroatoms. The lowest BCUT2D eigenvalue weighted by Crippen LogP contribution is -2.32. The Bertz CT molecular complexity index is 475. The molecule has 2 unspecified atom stereocenters. The van der Waals surface area contributed by atoms with Crippen molar-refractivity contribution in [1.82, 2.24) is 14.9 Å². The summed E-state index contributed by atoms with van der Waals surface area (Å²) in [4.78, 5) is 4.45. The predicted molar refractivity (Wildman–Crippen MR) is 75.9 cm³/mol. The van der Waals surface area contributed by atoms with Crippen LogP contribution >= 0.6 is 0 Å². The van der Waals surface area contributed by atoms with E-state index in [1.165, 1.54) is 12.8 Å². The summed E-state index contributed by atoms with van der Waals surface area (Å²) in [5.41, 5.74) is 0. The fraction of sp³-hybridized carbons (Fsp3) is 0.533. The Morgan fingerprint density at radius 2 is 2.32 bits per heavy atom. The number of aromatic nitrogens is 2. The van der Waals surface area contributed by atoms with Gasteiger partial charge in [-0.1, -0.05) is 19.8 Å². The van der Waals surface area contributed by atoms with Crippen LogP contribution in [0.4, 0.5) is 0 Å². The van der Waals surface area contributed by atoms with E-state index in [1.807, 2.05) is 36.1 Å². The minimum atomic E-state index is 0.0156. The molecule has 0 aliphatic heterocycles. The van der Waals surface area contributed by atoms with Crippen molar-refractivity contribution in [2.75, 3.05) is 0 Å². The first-order chi connectivity index (χ1) is 9.22. The summed E-state index contributed by atoms with van der Waals surface area (Å²) in [6, 6.07) is 4.37. The quantitative estimate of drug-likeness (QED) is 0.831. The molecule has 4 nitrogen and oxygen atoms in total. The lowest BCUT2D eigenvalue weighted by atomic mass is 10.1. The molecule has 0 spiro atoms. The molecule has 2 atom stereocenters. The molecular formula is C15H23N3O. The number of hydrogen-bond acceptors (Lipinski definition) is 3. The van der Waals surface area contributed by atoms with Crippen molar-refractivity contribution in [3.05, 3.63) is 42.4 Å². The Kier molecular flexibility index (Phi) is 4.80. The Morgan fingerprint density at radius 3 is 2.89 bits per heavy atom. The van der Waals surface area contributed by atoms with E-state index in [2.05, 4.69) is 24.1 Å². The van der Waals surface area contributed by atoms with Crippen molar-refractivity contribution in [1.29, 1.82) is 0 Å². The van der Waals surface area contributed by atoms with E-state index in [1.54, 1.807) is 6.26 Å². The third-order valence-electron chi connectivity index (χ3n) is 3.39. The van der Waals surface area contributed by atoms with Gasteiger partial charge in [0.15, 0.2) is 0 Å². The van der Waals surface area contributed by atoms with Crippen LogP contribution in [0.2, 0.25) is 0 Å². The van der Waals surface area contributed by atoms with Gasteiger partial charge in [-0.15, -0.1) is 0 Å². The van der Waals surface area contributed by atoms with Crippen LogP contribution in [0.25, 0.3) is 0 Å². The molecule has 2 heterocycles. The SMILES string of the molecule is CCCCC(C)NC(c1ccco1)c1nccn1C. The van der Waals surface area contributed by atoms with Crippen LogP contribution in [-0.4, -0.2) is 15.6 Å². The molecule has 0 aromatic carbocycles. The molecule has 0 bridgehead atoms. The third-order valence-corrected chi connectivity index (χ3v) is 3.39. The largest absolute Gasteiger partial charge is 0.467 e. The van der Waals surface area contributed by atoms with Crippen molar-refractivity contribution in [3.63, 3.8) is 0 Å². The van der Waals surface area contributed by atoms with Gasteiger partial charge in [-0.3, -0.25) is 5.32 Å². The van der Waals surface area contributed by atoms with Crippen LogP contribution in [0.15, 0.2) is 35.2 Å². The first kappa shape index (κ1) is 13.9. The zero-order valence-corrected chi connectivity index (χ0v) is 12.0. The van der Waals surface area contributed by atoms with Crippen LogP contribution in [0, 0.1) is 0 Å². The van der Waals surface area contributed by atoms with Crippen LogP contribution in [0.5, 0.6) is 0 Å². The molecule has 0 amide bonds. The van der Waals surface area contributed by atoms with Gasteiger partial charge < -0.3 is 8.98 Å². The lowest BCUT2D eigenvalue weighted by Gasteiger charge is -2.21. The second kappa shape index (κ2) is 6.57. The number of imidazole rings is 1. The Balaban J connectivity index is 2.14. The molecule has 19 heavy (non-hydrogen) atoms. The van der Waals surface area contributed by atoms with E-state index in [-0.39, 0.29) is 6.04 Å². The maximum absolute atomic E-state index is 5.56. The average Bonchev–Trinajstić information content (AvgIpc) is 3.05. The van der Waals surface area contributed by atoms with Crippen LogP contribution in [-0.2, 0) is 7.05 Å². The van der Waals surface area contributed by atoms with Crippen molar-refractivity contribution in [3.8, 4) is 0 Å². The standard InChI is InChI=1S/C15H23N3O/c1-4-5-7-12(2)17-14(13-8-6-11-19-13)15-16-9-10-18(15)3/h6,8-12,14,17H,4-5,7H2,1-3H3. The van der Waals surface area contributed by atoms with Crippen molar-refractivity contribution < 1.29 is 4.42 Å². The molecule has 2 rings (SSSR count). The first-order valence-corrected chi connectivity index (χ1v) is 6.99. The molecule has 2 aromatic rings. The van der Waals surface area contributed by atoms with Crippen molar-refractivity contribution in [2.45, 2.75) is 45.2 Å². The smallest absolute Gasteiger partial charge is 0.133 e. The van der Waals surface area contributed by atoms with Crippen LogP contribution in [0.1, 0.15) is 50.7 Å². The van der Waals surface area contributed by atoms with Gasteiger partial charge >= 0.3 is 0 Å². The van der Waals surface area contributed by atoms with Gasteiger partial charge in [0, 0.05) is 25.5 Å². The summed E-state index contributed by atoms with van der Waals surface area (Å²) < 4.78 is 7.60.